The van der Waals surface area contributed by atoms with E-state index in [1.165, 1.54) is 25.0 Å². The predicted molar refractivity (Wildman–Crippen MR) is 69.3 cm³/mol. The van der Waals surface area contributed by atoms with Gasteiger partial charge in [0.25, 0.3) is 0 Å². The molecule has 1 saturated carbocycles. The average molecular weight is 285 g/mol. The second-order valence-corrected chi connectivity index (χ2v) is 5.79. The van der Waals surface area contributed by atoms with E-state index >= 15 is 0 Å². The van der Waals surface area contributed by atoms with Gasteiger partial charge in [0.15, 0.2) is 0 Å². The molecule has 1 saturated heterocycles. The highest BCUT2D eigenvalue weighted by molar-refractivity contribution is 5.28. The van der Waals surface area contributed by atoms with E-state index in [0.29, 0.717) is 18.7 Å². The molecule has 20 heavy (non-hydrogen) atoms. The molecule has 110 valence electrons. The fourth-order valence-electron chi connectivity index (χ4n) is 3.18. The lowest BCUT2D eigenvalue weighted by Crippen LogP contribution is -2.53. The van der Waals surface area contributed by atoms with Crippen LogP contribution in [0.4, 0.5) is 13.2 Å². The highest BCUT2D eigenvalue weighted by Gasteiger charge is 2.39. The number of nitrogens with one attached hydrogen (secondary N) is 1. The maximum atomic E-state index is 12.7. The number of hydrogen-bond acceptors (Lipinski definition) is 2. The van der Waals surface area contributed by atoms with Crippen molar-refractivity contribution in [1.29, 1.82) is 0 Å². The normalized spacial score (nSPS) is 26.1. The zero-order chi connectivity index (χ0) is 14.2. The molecule has 2 nitrogen and oxygen atoms in total. The van der Waals surface area contributed by atoms with E-state index in [1.807, 2.05) is 0 Å². The van der Waals surface area contributed by atoms with E-state index in [2.05, 4.69) is 5.32 Å². The van der Waals surface area contributed by atoms with Crippen molar-refractivity contribution in [1.82, 2.24) is 5.32 Å². The van der Waals surface area contributed by atoms with Crippen LogP contribution in [0.25, 0.3) is 0 Å². The number of hydrogen-bond donors (Lipinski definition) is 1. The summed E-state index contributed by atoms with van der Waals surface area (Å²) < 4.78 is 44.0. The molecule has 1 aromatic rings. The Hall–Kier alpha value is -1.07. The summed E-state index contributed by atoms with van der Waals surface area (Å²) in [6.07, 6.45) is 0.00780. The first kappa shape index (κ1) is 13.9. The Morgan fingerprint density at radius 3 is 2.55 bits per heavy atom. The second kappa shape index (κ2) is 5.04. The third kappa shape index (κ3) is 2.69. The van der Waals surface area contributed by atoms with Gasteiger partial charge in [-0.3, -0.25) is 0 Å². The smallest absolute Gasteiger partial charge is 0.370 e. The van der Waals surface area contributed by atoms with Gasteiger partial charge >= 0.3 is 6.18 Å². The van der Waals surface area contributed by atoms with Crippen molar-refractivity contribution in [3.63, 3.8) is 0 Å². The molecule has 1 spiro atoms. The van der Waals surface area contributed by atoms with E-state index in [9.17, 15) is 13.2 Å². The number of ether oxygens (including phenoxy) is 1. The lowest BCUT2D eigenvalue weighted by molar-refractivity contribution is -0.137. The van der Waals surface area contributed by atoms with Gasteiger partial charge < -0.3 is 10.1 Å². The quantitative estimate of drug-likeness (QED) is 0.850. The highest BCUT2D eigenvalue weighted by Crippen LogP contribution is 2.36. The summed E-state index contributed by atoms with van der Waals surface area (Å²) in [7, 11) is 0. The van der Waals surface area contributed by atoms with E-state index in [1.54, 1.807) is 6.07 Å². The van der Waals surface area contributed by atoms with Gasteiger partial charge in [0.1, 0.15) is 0 Å². The second-order valence-electron chi connectivity index (χ2n) is 5.79. The van der Waals surface area contributed by atoms with Crippen molar-refractivity contribution in [2.24, 2.45) is 0 Å². The molecule has 0 amide bonds. The number of rotatable bonds is 1. The molecule has 1 atom stereocenters. The Kier molecular flexibility index (Phi) is 3.50. The Morgan fingerprint density at radius 2 is 1.95 bits per heavy atom. The minimum absolute atomic E-state index is 0.0676. The first-order chi connectivity index (χ1) is 9.49. The summed E-state index contributed by atoms with van der Waals surface area (Å²) in [5.41, 5.74) is 0.0536. The van der Waals surface area contributed by atoms with Gasteiger partial charge in [0.05, 0.1) is 18.3 Å². The molecule has 0 radical (unpaired) electrons. The fraction of sp³-hybridized carbons (Fsp3) is 0.600. The van der Waals surface area contributed by atoms with Gasteiger partial charge in [-0.2, -0.15) is 13.2 Å². The molecule has 1 aliphatic heterocycles. The third-order valence-electron chi connectivity index (χ3n) is 4.37. The van der Waals surface area contributed by atoms with Crippen molar-refractivity contribution in [3.8, 4) is 0 Å². The molecule has 2 fully saturated rings. The summed E-state index contributed by atoms with van der Waals surface area (Å²) in [6, 6.07) is 5.44. The molecule has 1 heterocycles. The molecule has 0 bridgehead atoms. The first-order valence-corrected chi connectivity index (χ1v) is 7.02. The Bertz CT molecular complexity index is 470. The predicted octanol–water partition coefficient (Wildman–Crippen LogP) is 3.68. The van der Waals surface area contributed by atoms with Crippen LogP contribution in [-0.2, 0) is 10.9 Å². The molecule has 1 N–H and O–H groups in total. The minimum Gasteiger partial charge on any atom is -0.370 e. The Morgan fingerprint density at radius 1 is 1.20 bits per heavy atom. The summed E-state index contributed by atoms with van der Waals surface area (Å²) in [4.78, 5) is 0. The standard InChI is InChI=1S/C15H18F3NO/c16-15(17,18)12-5-3-4-11(8-12)13-9-19-14(10-20-13)6-1-2-7-14/h3-5,8,13,19H,1-2,6-7,9-10H2/t13-/m0/s1. The van der Waals surface area contributed by atoms with E-state index in [-0.39, 0.29) is 11.6 Å². The Balaban J connectivity index is 1.72. The average Bonchev–Trinajstić information content (AvgIpc) is 2.87. The molecule has 1 aliphatic carbocycles. The van der Waals surface area contributed by atoms with Gasteiger partial charge in [-0.1, -0.05) is 25.0 Å². The lowest BCUT2D eigenvalue weighted by Gasteiger charge is -2.38. The maximum Gasteiger partial charge on any atom is 0.416 e. The van der Waals surface area contributed by atoms with Crippen molar-refractivity contribution in [2.75, 3.05) is 13.2 Å². The summed E-state index contributed by atoms with van der Waals surface area (Å²) >= 11 is 0. The largest absolute Gasteiger partial charge is 0.416 e. The zero-order valence-corrected chi connectivity index (χ0v) is 11.2. The molecule has 3 rings (SSSR count). The number of alkyl halides is 3. The van der Waals surface area contributed by atoms with Gasteiger partial charge in [0.2, 0.25) is 0 Å². The van der Waals surface area contributed by atoms with Crippen LogP contribution in [0.15, 0.2) is 24.3 Å². The van der Waals surface area contributed by atoms with Crippen molar-refractivity contribution in [3.05, 3.63) is 35.4 Å². The minimum atomic E-state index is -4.30. The number of benzene rings is 1. The fourth-order valence-corrected chi connectivity index (χ4v) is 3.18. The summed E-state index contributed by atoms with van der Waals surface area (Å²) in [6.45, 7) is 1.18. The lowest BCUT2D eigenvalue weighted by atomic mass is 9.95. The maximum absolute atomic E-state index is 12.7. The third-order valence-corrected chi connectivity index (χ3v) is 4.37. The zero-order valence-electron chi connectivity index (χ0n) is 11.2. The molecular formula is C15H18F3NO. The van der Waals surface area contributed by atoms with Gasteiger partial charge in [-0.05, 0) is 30.5 Å². The monoisotopic (exact) mass is 285 g/mol. The summed E-state index contributed by atoms with van der Waals surface area (Å²) in [5.74, 6) is 0. The molecule has 0 unspecified atom stereocenters. The van der Waals surface area contributed by atoms with E-state index < -0.39 is 11.7 Å². The Labute approximate surface area is 116 Å². The van der Waals surface area contributed by atoms with Crippen LogP contribution in [0.1, 0.15) is 42.9 Å². The van der Waals surface area contributed by atoms with Crippen LogP contribution in [0.2, 0.25) is 0 Å². The molecule has 2 aliphatic rings. The molecule has 5 heteroatoms. The summed E-state index contributed by atoms with van der Waals surface area (Å²) in [5, 5.41) is 3.49. The molecule has 0 aromatic heterocycles. The van der Waals surface area contributed by atoms with E-state index in [0.717, 1.165) is 18.9 Å². The van der Waals surface area contributed by atoms with Crippen molar-refractivity contribution >= 4 is 0 Å². The number of halogens is 3. The topological polar surface area (TPSA) is 21.3 Å². The molecular weight excluding hydrogens is 267 g/mol. The van der Waals surface area contributed by atoms with Crippen LogP contribution in [0.5, 0.6) is 0 Å². The van der Waals surface area contributed by atoms with Crippen LogP contribution in [0, 0.1) is 0 Å². The van der Waals surface area contributed by atoms with Gasteiger partial charge in [-0.15, -0.1) is 0 Å². The van der Waals surface area contributed by atoms with Crippen LogP contribution in [-0.4, -0.2) is 18.7 Å². The molecule has 1 aromatic carbocycles. The van der Waals surface area contributed by atoms with Crippen LogP contribution >= 0.6 is 0 Å². The van der Waals surface area contributed by atoms with Crippen molar-refractivity contribution < 1.29 is 17.9 Å². The van der Waals surface area contributed by atoms with Gasteiger partial charge in [0, 0.05) is 12.1 Å². The van der Waals surface area contributed by atoms with E-state index in [4.69, 9.17) is 4.74 Å². The number of morpholine rings is 1. The van der Waals surface area contributed by atoms with Crippen LogP contribution in [0.3, 0.4) is 0 Å². The highest BCUT2D eigenvalue weighted by atomic mass is 19.4. The first-order valence-electron chi connectivity index (χ1n) is 7.02. The van der Waals surface area contributed by atoms with Gasteiger partial charge in [-0.25, -0.2) is 0 Å². The van der Waals surface area contributed by atoms with Crippen molar-refractivity contribution in [2.45, 2.75) is 43.5 Å². The van der Waals surface area contributed by atoms with Crippen LogP contribution < -0.4 is 5.32 Å². The SMILES string of the molecule is FC(F)(F)c1cccc([C@@H]2CNC3(CCCC3)CO2)c1.